The Morgan fingerprint density at radius 3 is 2.64 bits per heavy atom. The maximum absolute atomic E-state index is 12.3. The van der Waals surface area contributed by atoms with Gasteiger partial charge >= 0.3 is 0 Å². The Kier molecular flexibility index (Phi) is 5.23. The summed E-state index contributed by atoms with van der Waals surface area (Å²) in [7, 11) is 1.64. The highest BCUT2D eigenvalue weighted by atomic mass is 16.5. The fourth-order valence-corrected chi connectivity index (χ4v) is 2.62. The minimum Gasteiger partial charge on any atom is -0.497 e. The normalized spacial score (nSPS) is 10.6. The van der Waals surface area contributed by atoms with Gasteiger partial charge in [-0.25, -0.2) is 4.98 Å². The number of amides is 1. The van der Waals surface area contributed by atoms with E-state index < -0.39 is 0 Å². The molecule has 0 spiro atoms. The molecule has 0 aliphatic heterocycles. The number of rotatable bonds is 6. The minimum atomic E-state index is -0.146. The van der Waals surface area contributed by atoms with E-state index in [0.717, 1.165) is 40.6 Å². The Bertz CT molecular complexity index is 876. The van der Waals surface area contributed by atoms with E-state index in [9.17, 15) is 4.79 Å². The number of benzene rings is 1. The summed E-state index contributed by atoms with van der Waals surface area (Å²) >= 11 is 0. The predicted molar refractivity (Wildman–Crippen MR) is 98.8 cm³/mol. The quantitative estimate of drug-likeness (QED) is 0.695. The van der Waals surface area contributed by atoms with Crippen molar-refractivity contribution in [2.45, 2.75) is 19.8 Å². The van der Waals surface area contributed by atoms with E-state index >= 15 is 0 Å². The Morgan fingerprint density at radius 2 is 1.92 bits per heavy atom. The molecule has 2 heterocycles. The first-order chi connectivity index (χ1) is 12.2. The second-order valence-electron chi connectivity index (χ2n) is 5.79. The SMILES string of the molecule is CCCCNC(=O)c1ccc2cncc(-c3ccc(OC)cc3)c2n1. The molecule has 5 heteroatoms. The number of unbranched alkanes of at least 4 members (excludes halogenated alkanes) is 1. The molecule has 0 atom stereocenters. The molecule has 3 aromatic rings. The van der Waals surface area contributed by atoms with Crippen LogP contribution in [0.25, 0.3) is 22.0 Å². The summed E-state index contributed by atoms with van der Waals surface area (Å²) in [6.07, 6.45) is 5.53. The molecular weight excluding hydrogens is 314 g/mol. The molecule has 0 aliphatic rings. The summed E-state index contributed by atoms with van der Waals surface area (Å²) in [6.45, 7) is 2.76. The molecule has 25 heavy (non-hydrogen) atoms. The number of ether oxygens (including phenoxy) is 1. The first kappa shape index (κ1) is 16.9. The number of nitrogens with zero attached hydrogens (tertiary/aromatic N) is 2. The molecule has 5 nitrogen and oxygen atoms in total. The molecule has 1 aromatic carbocycles. The first-order valence-corrected chi connectivity index (χ1v) is 8.40. The molecule has 3 rings (SSSR count). The van der Waals surface area contributed by atoms with Gasteiger partial charge in [0.15, 0.2) is 0 Å². The van der Waals surface area contributed by atoms with Crippen LogP contribution in [-0.2, 0) is 0 Å². The van der Waals surface area contributed by atoms with Gasteiger partial charge in [-0.2, -0.15) is 0 Å². The van der Waals surface area contributed by atoms with E-state index in [2.05, 4.69) is 22.2 Å². The van der Waals surface area contributed by atoms with Crippen LogP contribution in [0.4, 0.5) is 0 Å². The lowest BCUT2D eigenvalue weighted by atomic mass is 10.0. The monoisotopic (exact) mass is 335 g/mol. The number of methoxy groups -OCH3 is 1. The number of fused-ring (bicyclic) bond motifs is 1. The van der Waals surface area contributed by atoms with Crippen molar-refractivity contribution in [3.05, 3.63) is 54.5 Å². The zero-order valence-corrected chi connectivity index (χ0v) is 14.5. The summed E-state index contributed by atoms with van der Waals surface area (Å²) in [5.41, 5.74) is 3.06. The Labute approximate surface area is 147 Å². The highest BCUT2D eigenvalue weighted by Gasteiger charge is 2.11. The van der Waals surface area contributed by atoms with Crippen molar-refractivity contribution in [2.75, 3.05) is 13.7 Å². The third-order valence-electron chi connectivity index (χ3n) is 4.05. The van der Waals surface area contributed by atoms with Crippen LogP contribution in [-0.4, -0.2) is 29.5 Å². The Hall–Kier alpha value is -2.95. The molecule has 0 saturated carbocycles. The van der Waals surface area contributed by atoms with E-state index in [0.29, 0.717) is 12.2 Å². The molecule has 0 bridgehead atoms. The maximum atomic E-state index is 12.3. The van der Waals surface area contributed by atoms with E-state index in [1.165, 1.54) is 0 Å². The minimum absolute atomic E-state index is 0.146. The lowest BCUT2D eigenvalue weighted by Crippen LogP contribution is -2.25. The molecule has 0 unspecified atom stereocenters. The Morgan fingerprint density at radius 1 is 1.12 bits per heavy atom. The topological polar surface area (TPSA) is 64.1 Å². The van der Waals surface area contributed by atoms with E-state index in [-0.39, 0.29) is 5.91 Å². The highest BCUT2D eigenvalue weighted by molar-refractivity contribution is 5.98. The van der Waals surface area contributed by atoms with Gasteiger partial charge < -0.3 is 10.1 Å². The highest BCUT2D eigenvalue weighted by Crippen LogP contribution is 2.28. The van der Waals surface area contributed by atoms with Gasteiger partial charge in [-0.1, -0.05) is 25.5 Å². The number of aromatic nitrogens is 2. The van der Waals surface area contributed by atoms with Gasteiger partial charge in [0.2, 0.25) is 0 Å². The van der Waals surface area contributed by atoms with Gasteiger partial charge in [0.1, 0.15) is 11.4 Å². The first-order valence-electron chi connectivity index (χ1n) is 8.40. The van der Waals surface area contributed by atoms with Crippen molar-refractivity contribution >= 4 is 16.8 Å². The number of carbonyl (C=O) groups is 1. The zero-order valence-electron chi connectivity index (χ0n) is 14.5. The third-order valence-corrected chi connectivity index (χ3v) is 4.05. The summed E-state index contributed by atoms with van der Waals surface area (Å²) in [5.74, 6) is 0.647. The molecule has 1 N–H and O–H groups in total. The summed E-state index contributed by atoms with van der Waals surface area (Å²) in [5, 5.41) is 3.81. The lowest BCUT2D eigenvalue weighted by molar-refractivity contribution is 0.0948. The van der Waals surface area contributed by atoms with Crippen molar-refractivity contribution in [1.29, 1.82) is 0 Å². The lowest BCUT2D eigenvalue weighted by Gasteiger charge is -2.09. The average molecular weight is 335 g/mol. The van der Waals surface area contributed by atoms with Crippen LogP contribution >= 0.6 is 0 Å². The van der Waals surface area contributed by atoms with Crippen molar-refractivity contribution in [3.63, 3.8) is 0 Å². The standard InChI is InChI=1S/C20H21N3O2/c1-3-4-11-22-20(24)18-10-7-15-12-21-13-17(19(15)23-18)14-5-8-16(25-2)9-6-14/h5-10,12-13H,3-4,11H2,1-2H3,(H,22,24). The van der Waals surface area contributed by atoms with Gasteiger partial charge in [0.05, 0.1) is 12.6 Å². The summed E-state index contributed by atoms with van der Waals surface area (Å²) in [6, 6.07) is 11.3. The average Bonchev–Trinajstić information content (AvgIpc) is 2.67. The van der Waals surface area contributed by atoms with Crippen molar-refractivity contribution in [3.8, 4) is 16.9 Å². The molecule has 2 aromatic heterocycles. The van der Waals surface area contributed by atoms with E-state index in [1.54, 1.807) is 25.6 Å². The van der Waals surface area contributed by atoms with Gasteiger partial charge in [-0.05, 0) is 36.2 Å². The van der Waals surface area contributed by atoms with E-state index in [1.807, 2.05) is 30.3 Å². The van der Waals surface area contributed by atoms with Crippen LogP contribution in [0, 0.1) is 0 Å². The molecule has 1 amide bonds. The largest absolute Gasteiger partial charge is 0.497 e. The summed E-state index contributed by atoms with van der Waals surface area (Å²) in [4.78, 5) is 21.2. The number of hydrogen-bond acceptors (Lipinski definition) is 4. The van der Waals surface area contributed by atoms with Crippen LogP contribution in [0.3, 0.4) is 0 Å². The maximum Gasteiger partial charge on any atom is 0.269 e. The fraction of sp³-hybridized carbons (Fsp3) is 0.250. The molecular formula is C20H21N3O2. The smallest absolute Gasteiger partial charge is 0.269 e. The molecule has 0 radical (unpaired) electrons. The van der Waals surface area contributed by atoms with Gasteiger partial charge in [-0.3, -0.25) is 9.78 Å². The number of hydrogen-bond donors (Lipinski definition) is 1. The summed E-state index contributed by atoms with van der Waals surface area (Å²) < 4.78 is 5.21. The van der Waals surface area contributed by atoms with Crippen LogP contribution in [0.1, 0.15) is 30.3 Å². The van der Waals surface area contributed by atoms with Crippen LogP contribution < -0.4 is 10.1 Å². The zero-order chi connectivity index (χ0) is 17.6. The number of pyridine rings is 2. The van der Waals surface area contributed by atoms with Crippen molar-refractivity contribution in [2.24, 2.45) is 0 Å². The van der Waals surface area contributed by atoms with Crippen molar-refractivity contribution < 1.29 is 9.53 Å². The number of nitrogens with one attached hydrogen (secondary N) is 1. The van der Waals surface area contributed by atoms with Gasteiger partial charge in [0, 0.05) is 29.9 Å². The van der Waals surface area contributed by atoms with Crippen LogP contribution in [0.5, 0.6) is 5.75 Å². The second-order valence-corrected chi connectivity index (χ2v) is 5.79. The predicted octanol–water partition coefficient (Wildman–Crippen LogP) is 3.84. The fourth-order valence-electron chi connectivity index (χ4n) is 2.62. The van der Waals surface area contributed by atoms with Gasteiger partial charge in [-0.15, -0.1) is 0 Å². The van der Waals surface area contributed by atoms with Gasteiger partial charge in [0.25, 0.3) is 5.91 Å². The van der Waals surface area contributed by atoms with Crippen molar-refractivity contribution in [1.82, 2.24) is 15.3 Å². The molecule has 0 saturated heterocycles. The molecule has 128 valence electrons. The van der Waals surface area contributed by atoms with Crippen LogP contribution in [0.15, 0.2) is 48.8 Å². The van der Waals surface area contributed by atoms with E-state index in [4.69, 9.17) is 4.74 Å². The molecule has 0 aliphatic carbocycles. The molecule has 0 fully saturated rings. The second kappa shape index (κ2) is 7.75. The number of carbonyl (C=O) groups excluding carboxylic acids is 1. The third kappa shape index (κ3) is 3.76. The van der Waals surface area contributed by atoms with Crippen LogP contribution in [0.2, 0.25) is 0 Å². The Balaban J connectivity index is 1.98.